The first-order valence-corrected chi connectivity index (χ1v) is 1.64. The Bertz CT molecular complexity index is 97.8. The first-order valence-electron chi connectivity index (χ1n) is 1.64. The van der Waals surface area contributed by atoms with Gasteiger partial charge in [-0.15, -0.1) is 21.4 Å². The number of hydrogen-bond donors (Lipinski definition) is 0. The molecule has 0 saturated carbocycles. The quantitative estimate of drug-likeness (QED) is 0.177. The summed E-state index contributed by atoms with van der Waals surface area (Å²) in [5.41, 5.74) is 5.75. The maximum Gasteiger partial charge on any atom is 1.00 e. The second-order valence-electron chi connectivity index (χ2n) is 0.298. The van der Waals surface area contributed by atoms with Gasteiger partial charge in [0.05, 0.1) is 0 Å². The van der Waals surface area contributed by atoms with Gasteiger partial charge in [-0.05, 0) is 0 Å². The van der Waals surface area contributed by atoms with Crippen LogP contribution in [0.3, 0.4) is 0 Å². The first kappa shape index (κ1) is 74.5. The molecular formula is H2K4N5O10Ru-. The first-order chi connectivity index (χ1) is 6.66. The van der Waals surface area contributed by atoms with E-state index >= 15 is 0 Å². The summed E-state index contributed by atoms with van der Waals surface area (Å²) < 4.78 is 0. The summed E-state index contributed by atoms with van der Waals surface area (Å²) in [5, 5.41) is 36.0. The second kappa shape index (κ2) is 168. The van der Waals surface area contributed by atoms with Crippen LogP contribution in [0.15, 0.2) is 21.4 Å². The molecule has 15 nitrogen and oxygen atoms in total. The topological polar surface area (TPSA) is 281 Å². The normalized spacial score (nSPS) is 2.60. The molecule has 0 aromatic carbocycles. The van der Waals surface area contributed by atoms with Crippen LogP contribution in [0.1, 0.15) is 0 Å². The molecule has 0 amide bonds. The van der Waals surface area contributed by atoms with Gasteiger partial charge in [-0.2, -0.15) is 0 Å². The van der Waals surface area contributed by atoms with Crippen molar-refractivity contribution in [2.45, 2.75) is 0 Å². The van der Waals surface area contributed by atoms with Gasteiger partial charge in [-0.3, -0.25) is 0 Å². The van der Waals surface area contributed by atoms with Crippen molar-refractivity contribution >= 4 is 0 Å². The van der Waals surface area contributed by atoms with E-state index in [2.05, 4.69) is 0 Å². The molecule has 0 aromatic rings. The molecule has 0 fully saturated rings. The van der Waals surface area contributed by atoms with Crippen LogP contribution in [0.25, 0.3) is 5.59 Å². The van der Waals surface area contributed by atoms with Gasteiger partial charge in [0, 0.05) is 19.5 Å². The van der Waals surface area contributed by atoms with Crippen molar-refractivity contribution in [1.82, 2.24) is 0 Å². The van der Waals surface area contributed by atoms with E-state index in [0.717, 1.165) is 21.4 Å². The predicted octanol–water partition coefficient (Wildman–Crippen LogP) is -11.5. The Morgan fingerprint density at radius 3 is 0.550 bits per heavy atom. The van der Waals surface area contributed by atoms with Crippen LogP contribution in [0, 0.1) is 45.4 Å². The molecule has 0 aromatic heterocycles. The van der Waals surface area contributed by atoms with E-state index in [4.69, 9.17) is 51.0 Å². The zero-order valence-electron chi connectivity index (χ0n) is 10.8. The third-order valence-corrected chi connectivity index (χ3v) is 0. The van der Waals surface area contributed by atoms with E-state index < -0.39 is 0 Å². The van der Waals surface area contributed by atoms with E-state index in [-0.39, 0.29) is 230 Å². The maximum atomic E-state index is 8.00. The van der Waals surface area contributed by atoms with Crippen LogP contribution < -0.4 is 206 Å². The molecule has 0 radical (unpaired) electrons. The Labute approximate surface area is 294 Å². The Morgan fingerprint density at radius 2 is 0.550 bits per heavy atom. The molecule has 0 spiro atoms. The van der Waals surface area contributed by atoms with E-state index in [9.17, 15) is 0 Å². The smallest absolute Gasteiger partial charge is 0.577 e. The SMILES string of the molecule is O.O=N[O-].O=N[O-].O=N[O-].O=N[O-].[K+].[K+].[K+].[K+].[N-]=O.[Ru]. The Hall–Kier alpha value is 4.33. The average Bonchev–Trinajstić information content (AvgIpc) is 2.12. The van der Waals surface area contributed by atoms with Crippen molar-refractivity contribution in [2.75, 3.05) is 0 Å². The molecule has 2 N–H and O–H groups in total. The van der Waals surface area contributed by atoms with Gasteiger partial charge in [-0.1, -0.05) is 0 Å². The van der Waals surface area contributed by atoms with Crippen LogP contribution in [0.4, 0.5) is 0 Å². The number of hydrogen-bond acceptors (Lipinski definition) is 13. The fourth-order valence-electron chi connectivity index (χ4n) is 0. The Morgan fingerprint density at radius 1 is 0.550 bits per heavy atom. The summed E-state index contributed by atoms with van der Waals surface area (Å²) in [6, 6.07) is 0. The third-order valence-electron chi connectivity index (χ3n) is 0. The summed E-state index contributed by atoms with van der Waals surface area (Å²) in [5.74, 6) is 0. The van der Waals surface area contributed by atoms with Gasteiger partial charge in [0.15, 0.2) is 0 Å². The van der Waals surface area contributed by atoms with E-state index in [1.807, 2.05) is 0 Å². The zero-order chi connectivity index (χ0) is 12.8. The Balaban J connectivity index is -0.00000000526. The van der Waals surface area contributed by atoms with Gasteiger partial charge in [-0.25, -0.2) is 0 Å². The van der Waals surface area contributed by atoms with Crippen molar-refractivity contribution in [1.29, 1.82) is 0 Å². The molecule has 20 heavy (non-hydrogen) atoms. The molecule has 0 aliphatic carbocycles. The molecule has 0 aliphatic rings. The van der Waals surface area contributed by atoms with Gasteiger partial charge >= 0.3 is 206 Å². The number of nitrogens with zero attached hydrogens (tertiary/aromatic N) is 5. The minimum atomic E-state index is 0. The van der Waals surface area contributed by atoms with E-state index in [1.54, 1.807) is 0 Å². The van der Waals surface area contributed by atoms with Crippen LogP contribution in [-0.4, -0.2) is 5.48 Å². The summed E-state index contributed by atoms with van der Waals surface area (Å²) >= 11 is 0. The molecule has 100 valence electrons. The van der Waals surface area contributed by atoms with Crippen molar-refractivity contribution in [3.05, 3.63) is 51.0 Å². The third kappa shape index (κ3) is 542. The largest absolute Gasteiger partial charge is 1.00 e. The predicted molar refractivity (Wildman–Crippen MR) is 47.0 cm³/mol. The van der Waals surface area contributed by atoms with Gasteiger partial charge in [0.25, 0.3) is 0 Å². The second-order valence-corrected chi connectivity index (χ2v) is 0.298. The molecule has 20 heteroatoms. The van der Waals surface area contributed by atoms with Gasteiger partial charge in [0.2, 0.25) is 0 Å². The molecule has 0 saturated heterocycles. The molecule has 0 atom stereocenters. The maximum absolute atomic E-state index is 8.00. The standard InChI is InChI=1S/4K.4HNO2.NO.H2O.Ru/c;;;;4*2-1-3;1-2;;/h;;;;4*(H,2,3);;1H2;/q4*+1;;;;;-1;;/p-4. The summed E-state index contributed by atoms with van der Waals surface area (Å²) in [6.45, 7) is 0. The molecule has 0 aliphatic heterocycles. The minimum absolute atomic E-state index is 0. The monoisotopic (exact) mass is 490 g/mol. The summed E-state index contributed by atoms with van der Waals surface area (Å²) in [7, 11) is 0. The molecule has 0 heterocycles. The van der Waals surface area contributed by atoms with Crippen LogP contribution in [0.2, 0.25) is 0 Å². The van der Waals surface area contributed by atoms with E-state index in [1.165, 1.54) is 0 Å². The number of nitroso groups, excluding NO2 is 1. The molecular weight excluding hydrogens is 487 g/mol. The average molecular weight is 490 g/mol. The van der Waals surface area contributed by atoms with Gasteiger partial charge < -0.3 is 56.4 Å². The zero-order valence-corrected chi connectivity index (χ0v) is 25.0. The van der Waals surface area contributed by atoms with Crippen molar-refractivity contribution < 1.29 is 230 Å². The molecule has 0 bridgehead atoms. The van der Waals surface area contributed by atoms with Crippen molar-refractivity contribution in [2.24, 2.45) is 21.4 Å². The fraction of sp³-hybridized carbons (Fsp3) is 0. The van der Waals surface area contributed by atoms with Crippen molar-refractivity contribution in [3.8, 4) is 0 Å². The Kier molecular flexibility index (Phi) is 625. The minimum Gasteiger partial charge on any atom is -0.577 e. The van der Waals surface area contributed by atoms with Crippen LogP contribution in [-0.2, 0) is 19.5 Å². The van der Waals surface area contributed by atoms with Crippen LogP contribution >= 0.6 is 0 Å². The van der Waals surface area contributed by atoms with Crippen molar-refractivity contribution in [3.63, 3.8) is 0 Å². The van der Waals surface area contributed by atoms with E-state index in [0.29, 0.717) is 0 Å². The molecule has 0 unspecified atom stereocenters. The summed E-state index contributed by atoms with van der Waals surface area (Å²) in [4.78, 5) is 39.2. The fourth-order valence-corrected chi connectivity index (χ4v) is 0. The number of rotatable bonds is 0. The van der Waals surface area contributed by atoms with Crippen LogP contribution in [0.5, 0.6) is 0 Å². The van der Waals surface area contributed by atoms with Gasteiger partial charge in [0.1, 0.15) is 0 Å². The molecule has 0 rings (SSSR count). The summed E-state index contributed by atoms with van der Waals surface area (Å²) in [6.07, 6.45) is 0.